The van der Waals surface area contributed by atoms with Crippen LogP contribution in [0.1, 0.15) is 37.9 Å². The van der Waals surface area contributed by atoms with Crippen molar-refractivity contribution >= 4 is 21.6 Å². The number of hydrogen-bond donors (Lipinski definition) is 1. The molecule has 1 aromatic carbocycles. The smallest absolute Gasteiger partial charge is 0.243 e. The lowest BCUT2D eigenvalue weighted by Crippen LogP contribution is -2.39. The number of carbonyl (C=O) groups is 1. The number of aromatic nitrogens is 3. The molecule has 0 saturated carbocycles. The summed E-state index contributed by atoms with van der Waals surface area (Å²) in [4.78, 5) is 11.7. The molecule has 2 aromatic rings. The first-order chi connectivity index (χ1) is 12.4. The van der Waals surface area contributed by atoms with Gasteiger partial charge in [-0.2, -0.15) is 4.31 Å². The van der Waals surface area contributed by atoms with Crippen molar-refractivity contribution in [2.24, 2.45) is 7.05 Å². The number of amides is 1. The lowest BCUT2D eigenvalue weighted by molar-refractivity contribution is -0.115. The monoisotopic (exact) mass is 377 g/mol. The summed E-state index contributed by atoms with van der Waals surface area (Å²) in [5, 5.41) is 10.7. The van der Waals surface area contributed by atoms with E-state index in [2.05, 4.69) is 15.5 Å². The maximum absolute atomic E-state index is 13.0. The first-order valence-electron chi connectivity index (χ1n) is 8.65. The van der Waals surface area contributed by atoms with Crippen LogP contribution in [-0.2, 0) is 21.9 Å². The van der Waals surface area contributed by atoms with E-state index in [4.69, 9.17) is 0 Å². The maximum atomic E-state index is 13.0. The summed E-state index contributed by atoms with van der Waals surface area (Å²) in [5.41, 5.74) is 0.589. The predicted molar refractivity (Wildman–Crippen MR) is 97.1 cm³/mol. The predicted octanol–water partition coefficient (Wildman–Crippen LogP) is 1.73. The highest BCUT2D eigenvalue weighted by molar-refractivity contribution is 7.89. The highest BCUT2D eigenvalue weighted by atomic mass is 32.2. The molecule has 26 heavy (non-hydrogen) atoms. The van der Waals surface area contributed by atoms with Crippen molar-refractivity contribution in [2.75, 3.05) is 18.4 Å². The van der Waals surface area contributed by atoms with Crippen molar-refractivity contribution in [1.82, 2.24) is 19.1 Å². The van der Waals surface area contributed by atoms with Crippen molar-refractivity contribution in [2.45, 2.75) is 37.0 Å². The number of anilines is 1. The van der Waals surface area contributed by atoms with Gasteiger partial charge in [-0.3, -0.25) is 4.79 Å². The maximum Gasteiger partial charge on any atom is 0.243 e. The van der Waals surface area contributed by atoms with Gasteiger partial charge in [0, 0.05) is 38.2 Å². The van der Waals surface area contributed by atoms with Gasteiger partial charge in [-0.05, 0) is 37.1 Å². The molecule has 9 heteroatoms. The number of sulfonamides is 1. The minimum absolute atomic E-state index is 0.0362. The molecule has 0 aliphatic carbocycles. The number of hydrogen-bond acceptors (Lipinski definition) is 5. The Morgan fingerprint density at radius 2 is 2.04 bits per heavy atom. The first kappa shape index (κ1) is 18.5. The summed E-state index contributed by atoms with van der Waals surface area (Å²) in [7, 11) is -1.72. The van der Waals surface area contributed by atoms with Crippen LogP contribution in [0.2, 0.25) is 0 Å². The van der Waals surface area contributed by atoms with Crippen LogP contribution in [0.3, 0.4) is 0 Å². The van der Waals surface area contributed by atoms with Gasteiger partial charge in [0.05, 0.1) is 4.90 Å². The molecule has 1 atom stereocenters. The first-order valence-corrected chi connectivity index (χ1v) is 10.1. The van der Waals surface area contributed by atoms with Crippen LogP contribution in [-0.4, -0.2) is 46.5 Å². The molecule has 140 valence electrons. The van der Waals surface area contributed by atoms with E-state index in [1.165, 1.54) is 16.4 Å². The molecular weight excluding hydrogens is 354 g/mol. The summed E-state index contributed by atoms with van der Waals surface area (Å²) in [6.07, 6.45) is 3.67. The molecule has 1 aliphatic rings. The minimum atomic E-state index is -3.59. The average molecular weight is 377 g/mol. The second-order valence-electron chi connectivity index (χ2n) is 6.43. The molecule has 1 aliphatic heterocycles. The van der Waals surface area contributed by atoms with E-state index in [9.17, 15) is 13.2 Å². The molecule has 3 rings (SSSR count). The van der Waals surface area contributed by atoms with Crippen molar-refractivity contribution in [1.29, 1.82) is 0 Å². The highest BCUT2D eigenvalue weighted by Crippen LogP contribution is 2.29. The van der Waals surface area contributed by atoms with Crippen LogP contribution in [0.15, 0.2) is 35.5 Å². The number of nitrogens with one attached hydrogen (secondary N) is 1. The van der Waals surface area contributed by atoms with Crippen LogP contribution in [0.5, 0.6) is 0 Å². The molecule has 0 bridgehead atoms. The quantitative estimate of drug-likeness (QED) is 0.856. The van der Waals surface area contributed by atoms with Gasteiger partial charge in [0.15, 0.2) is 0 Å². The van der Waals surface area contributed by atoms with E-state index in [-0.39, 0.29) is 16.7 Å². The Hall–Kier alpha value is -2.26. The van der Waals surface area contributed by atoms with Gasteiger partial charge >= 0.3 is 0 Å². The fourth-order valence-corrected chi connectivity index (χ4v) is 4.67. The van der Waals surface area contributed by atoms with E-state index < -0.39 is 10.0 Å². The zero-order valence-corrected chi connectivity index (χ0v) is 15.7. The Morgan fingerprint density at radius 3 is 2.65 bits per heavy atom. The highest BCUT2D eigenvalue weighted by Gasteiger charge is 2.32. The standard InChI is InChI=1S/C17H23N5O3S/c1-3-16(23)19-14-6-8-15(9-7-14)26(24,25)22-10-4-5-13(11-22)17-20-18-12-21(17)2/h6-9,12-13H,3-5,10-11H2,1-2H3,(H,19,23). The number of rotatable bonds is 5. The van der Waals surface area contributed by atoms with E-state index >= 15 is 0 Å². The minimum Gasteiger partial charge on any atom is -0.326 e. The Labute approximate surface area is 153 Å². The summed E-state index contributed by atoms with van der Waals surface area (Å²) in [6.45, 7) is 2.65. The van der Waals surface area contributed by atoms with E-state index in [1.807, 2.05) is 11.6 Å². The van der Waals surface area contributed by atoms with E-state index in [0.717, 1.165) is 18.7 Å². The Balaban J connectivity index is 1.77. The second-order valence-corrected chi connectivity index (χ2v) is 8.37. The molecular formula is C17H23N5O3S. The van der Waals surface area contributed by atoms with Crippen LogP contribution in [0.25, 0.3) is 0 Å². The Morgan fingerprint density at radius 1 is 1.31 bits per heavy atom. The van der Waals surface area contributed by atoms with Crippen LogP contribution in [0, 0.1) is 0 Å². The molecule has 1 aromatic heterocycles. The number of benzene rings is 1. The third-order valence-corrected chi connectivity index (χ3v) is 6.47. The Kier molecular flexibility index (Phi) is 5.38. The largest absolute Gasteiger partial charge is 0.326 e. The zero-order valence-electron chi connectivity index (χ0n) is 14.9. The lowest BCUT2D eigenvalue weighted by Gasteiger charge is -2.31. The normalized spacial score (nSPS) is 18.6. The van der Waals surface area contributed by atoms with Gasteiger partial charge in [-0.1, -0.05) is 6.92 Å². The summed E-state index contributed by atoms with van der Waals surface area (Å²) < 4.78 is 29.3. The van der Waals surface area contributed by atoms with Crippen molar-refractivity contribution < 1.29 is 13.2 Å². The number of nitrogens with zero attached hydrogens (tertiary/aromatic N) is 4. The fraction of sp³-hybridized carbons (Fsp3) is 0.471. The molecule has 8 nitrogen and oxygen atoms in total. The van der Waals surface area contributed by atoms with E-state index in [0.29, 0.717) is 25.2 Å². The van der Waals surface area contributed by atoms with Crippen molar-refractivity contribution in [3.8, 4) is 0 Å². The topological polar surface area (TPSA) is 97.2 Å². The Bertz CT molecular complexity index is 876. The average Bonchev–Trinajstić information content (AvgIpc) is 3.08. The number of aryl methyl sites for hydroxylation is 1. The van der Waals surface area contributed by atoms with Gasteiger partial charge in [-0.25, -0.2) is 8.42 Å². The molecule has 0 spiro atoms. The van der Waals surface area contributed by atoms with Gasteiger partial charge in [0.25, 0.3) is 0 Å². The van der Waals surface area contributed by atoms with Gasteiger partial charge in [0.1, 0.15) is 12.2 Å². The lowest BCUT2D eigenvalue weighted by atomic mass is 9.99. The molecule has 1 saturated heterocycles. The summed E-state index contributed by atoms with van der Waals surface area (Å²) >= 11 is 0. The van der Waals surface area contributed by atoms with Crippen molar-refractivity contribution in [3.05, 3.63) is 36.4 Å². The summed E-state index contributed by atoms with van der Waals surface area (Å²) in [5.74, 6) is 0.736. The third-order valence-electron chi connectivity index (χ3n) is 4.59. The van der Waals surface area contributed by atoms with Crippen LogP contribution in [0.4, 0.5) is 5.69 Å². The van der Waals surface area contributed by atoms with Crippen LogP contribution >= 0.6 is 0 Å². The number of piperidine rings is 1. The van der Waals surface area contributed by atoms with Gasteiger partial charge < -0.3 is 9.88 Å². The SMILES string of the molecule is CCC(=O)Nc1ccc(S(=O)(=O)N2CCCC(c3nncn3C)C2)cc1. The number of carbonyl (C=O) groups excluding carboxylic acids is 1. The van der Waals surface area contributed by atoms with Crippen molar-refractivity contribution in [3.63, 3.8) is 0 Å². The van der Waals surface area contributed by atoms with Crippen LogP contribution < -0.4 is 5.32 Å². The van der Waals surface area contributed by atoms with E-state index in [1.54, 1.807) is 25.4 Å². The zero-order chi connectivity index (χ0) is 18.7. The van der Waals surface area contributed by atoms with Gasteiger partial charge in [0.2, 0.25) is 15.9 Å². The molecule has 1 amide bonds. The molecule has 0 radical (unpaired) electrons. The molecule has 1 unspecified atom stereocenters. The van der Waals surface area contributed by atoms with Gasteiger partial charge in [-0.15, -0.1) is 10.2 Å². The summed E-state index contributed by atoms with van der Waals surface area (Å²) in [6, 6.07) is 6.30. The molecule has 1 N–H and O–H groups in total. The molecule has 2 heterocycles. The third kappa shape index (κ3) is 3.78. The molecule has 1 fully saturated rings. The fourth-order valence-electron chi connectivity index (χ4n) is 3.14. The second kappa shape index (κ2) is 7.55.